The number of hydrogen-bond acceptors (Lipinski definition) is 6. The van der Waals surface area contributed by atoms with E-state index in [9.17, 15) is 4.79 Å². The summed E-state index contributed by atoms with van der Waals surface area (Å²) in [6, 6.07) is 13.4. The normalized spacial score (nSPS) is 19.3. The molecule has 1 amide bonds. The van der Waals surface area contributed by atoms with Crippen molar-refractivity contribution in [2.75, 3.05) is 41.0 Å². The minimum atomic E-state index is -0.172. The third-order valence-electron chi connectivity index (χ3n) is 6.62. The van der Waals surface area contributed by atoms with Gasteiger partial charge in [-0.25, -0.2) is 5.01 Å². The Hall–Kier alpha value is -3.06. The second-order valence-electron chi connectivity index (χ2n) is 8.80. The van der Waals surface area contributed by atoms with Gasteiger partial charge in [-0.3, -0.25) is 9.69 Å². The zero-order valence-electron chi connectivity index (χ0n) is 19.9. The van der Waals surface area contributed by atoms with Crippen LogP contribution in [-0.2, 0) is 4.79 Å². The maximum Gasteiger partial charge on any atom is 0.257 e. The predicted octanol–water partition coefficient (Wildman–Crippen LogP) is 4.12. The molecule has 2 aromatic carbocycles. The Morgan fingerprint density at radius 1 is 0.970 bits per heavy atom. The smallest absolute Gasteiger partial charge is 0.257 e. The number of benzene rings is 2. The Morgan fingerprint density at radius 3 is 2.27 bits per heavy atom. The Balaban J connectivity index is 1.62. The van der Waals surface area contributed by atoms with Gasteiger partial charge in [0.25, 0.3) is 5.91 Å². The number of methoxy groups -OCH3 is 3. The molecule has 0 aliphatic carbocycles. The van der Waals surface area contributed by atoms with E-state index in [1.54, 1.807) is 26.3 Å². The molecule has 0 aromatic heterocycles. The predicted molar refractivity (Wildman–Crippen MR) is 128 cm³/mol. The topological polar surface area (TPSA) is 63.6 Å². The number of piperidine rings is 1. The van der Waals surface area contributed by atoms with Crippen molar-refractivity contribution in [3.8, 4) is 17.2 Å². The van der Waals surface area contributed by atoms with Gasteiger partial charge in [-0.15, -0.1) is 0 Å². The van der Waals surface area contributed by atoms with E-state index in [0.717, 1.165) is 54.4 Å². The number of amides is 1. The number of hydrazone groups is 1. The molecule has 7 nitrogen and oxygen atoms in total. The highest BCUT2D eigenvalue weighted by molar-refractivity contribution is 6.05. The largest absolute Gasteiger partial charge is 0.497 e. The number of carbonyl (C=O) groups is 1. The molecular formula is C26H33N3O4. The second-order valence-corrected chi connectivity index (χ2v) is 8.80. The number of carbonyl (C=O) groups excluding carboxylic acids is 1. The zero-order valence-corrected chi connectivity index (χ0v) is 19.9. The van der Waals surface area contributed by atoms with E-state index in [1.807, 2.05) is 42.5 Å². The molecule has 2 heterocycles. The van der Waals surface area contributed by atoms with Crippen molar-refractivity contribution in [3.05, 3.63) is 53.6 Å². The van der Waals surface area contributed by atoms with E-state index in [4.69, 9.17) is 19.3 Å². The lowest BCUT2D eigenvalue weighted by atomic mass is 9.97. The molecular weight excluding hydrogens is 418 g/mol. The van der Waals surface area contributed by atoms with Crippen molar-refractivity contribution in [2.24, 2.45) is 11.0 Å². The monoisotopic (exact) mass is 451 g/mol. The van der Waals surface area contributed by atoms with Gasteiger partial charge in [0.05, 0.1) is 39.6 Å². The molecule has 2 aromatic rings. The van der Waals surface area contributed by atoms with E-state index in [0.29, 0.717) is 24.5 Å². The van der Waals surface area contributed by atoms with Gasteiger partial charge in [0.15, 0.2) is 0 Å². The number of nitrogens with zero attached hydrogens (tertiary/aromatic N) is 3. The minimum absolute atomic E-state index is 0.0212. The summed E-state index contributed by atoms with van der Waals surface area (Å²) in [5.74, 6) is 2.93. The quantitative estimate of drug-likeness (QED) is 0.634. The van der Waals surface area contributed by atoms with Crippen LogP contribution < -0.4 is 14.2 Å². The SMILES string of the molecule is COc1ccc(C2CC(c3ccc(OC)cc3OC)=NN2C(=O)CN2CCC(C)CC2)cc1. The van der Waals surface area contributed by atoms with Gasteiger partial charge in [-0.05, 0) is 61.7 Å². The first kappa shape index (κ1) is 23.1. The van der Waals surface area contributed by atoms with Crippen molar-refractivity contribution >= 4 is 11.6 Å². The van der Waals surface area contributed by atoms with Gasteiger partial charge >= 0.3 is 0 Å². The summed E-state index contributed by atoms with van der Waals surface area (Å²) in [6.45, 7) is 4.57. The van der Waals surface area contributed by atoms with Gasteiger partial charge in [0, 0.05) is 18.1 Å². The maximum atomic E-state index is 13.4. The molecule has 7 heteroatoms. The molecule has 0 spiro atoms. The highest BCUT2D eigenvalue weighted by Crippen LogP contribution is 2.36. The first-order valence-corrected chi connectivity index (χ1v) is 11.5. The van der Waals surface area contributed by atoms with Crippen molar-refractivity contribution in [3.63, 3.8) is 0 Å². The Kier molecular flexibility index (Phi) is 7.18. The second kappa shape index (κ2) is 10.3. The van der Waals surface area contributed by atoms with Crippen LogP contribution in [0.1, 0.15) is 43.4 Å². The highest BCUT2D eigenvalue weighted by atomic mass is 16.5. The zero-order chi connectivity index (χ0) is 23.4. The first-order chi connectivity index (χ1) is 16.0. The summed E-state index contributed by atoms with van der Waals surface area (Å²) in [5, 5.41) is 6.49. The molecule has 1 atom stereocenters. The highest BCUT2D eigenvalue weighted by Gasteiger charge is 2.35. The lowest BCUT2D eigenvalue weighted by Crippen LogP contribution is -2.41. The molecule has 0 N–H and O–H groups in total. The number of rotatable bonds is 7. The van der Waals surface area contributed by atoms with Gasteiger partial charge in [0.1, 0.15) is 17.2 Å². The number of hydrogen-bond donors (Lipinski definition) is 0. The summed E-state index contributed by atoms with van der Waals surface area (Å²) in [4.78, 5) is 15.7. The number of likely N-dealkylation sites (tertiary alicyclic amines) is 1. The third kappa shape index (κ3) is 5.14. The summed E-state index contributed by atoms with van der Waals surface area (Å²) in [7, 11) is 4.91. The average molecular weight is 452 g/mol. The van der Waals surface area contributed by atoms with Gasteiger partial charge in [-0.2, -0.15) is 5.10 Å². The van der Waals surface area contributed by atoms with E-state index >= 15 is 0 Å². The van der Waals surface area contributed by atoms with Crippen LogP contribution in [-0.4, -0.2) is 62.5 Å². The van der Waals surface area contributed by atoms with Crippen molar-refractivity contribution < 1.29 is 19.0 Å². The fraction of sp³-hybridized carbons (Fsp3) is 0.462. The van der Waals surface area contributed by atoms with Gasteiger partial charge in [-0.1, -0.05) is 19.1 Å². The lowest BCUT2D eigenvalue weighted by molar-refractivity contribution is -0.134. The van der Waals surface area contributed by atoms with E-state index in [2.05, 4.69) is 11.8 Å². The van der Waals surface area contributed by atoms with Crippen molar-refractivity contribution in [2.45, 2.75) is 32.2 Å². The number of ether oxygens (including phenoxy) is 3. The minimum Gasteiger partial charge on any atom is -0.497 e. The third-order valence-corrected chi connectivity index (χ3v) is 6.62. The summed E-state index contributed by atoms with van der Waals surface area (Å²) in [5.41, 5.74) is 2.73. The molecule has 33 heavy (non-hydrogen) atoms. The molecule has 1 fully saturated rings. The first-order valence-electron chi connectivity index (χ1n) is 11.5. The fourth-order valence-electron chi connectivity index (χ4n) is 4.51. The molecule has 2 aliphatic rings. The Labute approximate surface area is 195 Å². The van der Waals surface area contributed by atoms with Crippen LogP contribution in [0.15, 0.2) is 47.6 Å². The molecule has 2 aliphatic heterocycles. The summed E-state index contributed by atoms with van der Waals surface area (Å²) < 4.78 is 16.3. The molecule has 176 valence electrons. The van der Waals surface area contributed by atoms with Crippen LogP contribution in [0.2, 0.25) is 0 Å². The van der Waals surface area contributed by atoms with E-state index < -0.39 is 0 Å². The average Bonchev–Trinajstić information content (AvgIpc) is 3.30. The van der Waals surface area contributed by atoms with Gasteiger partial charge < -0.3 is 14.2 Å². The van der Waals surface area contributed by atoms with E-state index in [1.165, 1.54) is 0 Å². The van der Waals surface area contributed by atoms with Crippen LogP contribution >= 0.6 is 0 Å². The Bertz CT molecular complexity index is 997. The standard InChI is InChI=1S/C26H33N3O4/c1-18-11-13-28(14-12-18)17-26(30)29-24(19-5-7-20(31-2)8-6-19)16-23(27-29)22-10-9-21(32-3)15-25(22)33-4/h5-10,15,18,24H,11-14,16-17H2,1-4H3. The molecule has 0 radical (unpaired) electrons. The molecule has 1 saturated heterocycles. The molecule has 4 rings (SSSR count). The lowest BCUT2D eigenvalue weighted by Gasteiger charge is -2.31. The van der Waals surface area contributed by atoms with Crippen molar-refractivity contribution in [1.82, 2.24) is 9.91 Å². The molecule has 0 saturated carbocycles. The maximum absolute atomic E-state index is 13.4. The van der Waals surface area contributed by atoms with Crippen LogP contribution in [0.25, 0.3) is 0 Å². The fourth-order valence-corrected chi connectivity index (χ4v) is 4.51. The van der Waals surface area contributed by atoms with Crippen LogP contribution in [0.5, 0.6) is 17.2 Å². The Morgan fingerprint density at radius 2 is 1.64 bits per heavy atom. The van der Waals surface area contributed by atoms with Gasteiger partial charge in [0.2, 0.25) is 0 Å². The molecule has 0 bridgehead atoms. The summed E-state index contributed by atoms with van der Waals surface area (Å²) in [6.07, 6.45) is 2.87. The summed E-state index contributed by atoms with van der Waals surface area (Å²) >= 11 is 0. The van der Waals surface area contributed by atoms with Crippen molar-refractivity contribution in [1.29, 1.82) is 0 Å². The van der Waals surface area contributed by atoms with Crippen LogP contribution in [0.3, 0.4) is 0 Å². The molecule has 1 unspecified atom stereocenters. The van der Waals surface area contributed by atoms with Crippen LogP contribution in [0.4, 0.5) is 0 Å². The van der Waals surface area contributed by atoms with Crippen LogP contribution in [0, 0.1) is 5.92 Å². The van der Waals surface area contributed by atoms with E-state index in [-0.39, 0.29) is 11.9 Å².